The lowest BCUT2D eigenvalue weighted by Crippen LogP contribution is -2.39. The average molecular weight is 664 g/mol. The largest absolute Gasteiger partial charge is 0.488 e. The van der Waals surface area contributed by atoms with Crippen molar-refractivity contribution in [2.24, 2.45) is 0 Å². The van der Waals surface area contributed by atoms with Crippen LogP contribution in [0.15, 0.2) is 164 Å². The highest BCUT2D eigenvalue weighted by molar-refractivity contribution is 5.88. The zero-order valence-corrected chi connectivity index (χ0v) is 28.6. The fraction of sp³-hybridized carbons (Fsp3) is 0.111. The van der Waals surface area contributed by atoms with Gasteiger partial charge in [0.2, 0.25) is 5.82 Å². The molecule has 0 amide bonds. The molecule has 248 valence electrons. The number of nitrogens with zero attached hydrogens (tertiary/aromatic N) is 5. The van der Waals surface area contributed by atoms with Crippen LogP contribution in [0.1, 0.15) is 40.4 Å². The highest BCUT2D eigenvalue weighted by Crippen LogP contribution is 2.40. The maximum absolute atomic E-state index is 6.44. The van der Waals surface area contributed by atoms with Gasteiger partial charge < -0.3 is 4.74 Å². The lowest BCUT2D eigenvalue weighted by molar-refractivity contribution is 0.309. The van der Waals surface area contributed by atoms with Gasteiger partial charge in [-0.3, -0.25) is 4.98 Å². The molecule has 0 spiro atoms. The second-order valence-electron chi connectivity index (χ2n) is 12.7. The van der Waals surface area contributed by atoms with Gasteiger partial charge in [-0.25, -0.2) is 0 Å². The molecule has 51 heavy (non-hydrogen) atoms. The Morgan fingerprint density at radius 2 is 1.22 bits per heavy atom. The van der Waals surface area contributed by atoms with E-state index in [2.05, 4.69) is 141 Å². The van der Waals surface area contributed by atoms with Crippen molar-refractivity contribution in [3.63, 3.8) is 0 Å². The van der Waals surface area contributed by atoms with E-state index in [0.29, 0.717) is 12.4 Å². The fourth-order valence-electron chi connectivity index (χ4n) is 6.99. The highest BCUT2D eigenvalue weighted by Gasteiger charge is 2.41. The molecule has 2 aromatic heterocycles. The Bertz CT molecular complexity index is 2310. The summed E-state index contributed by atoms with van der Waals surface area (Å²) < 4.78 is 6.44. The van der Waals surface area contributed by atoms with Crippen LogP contribution in [0, 0.1) is 6.92 Å². The second-order valence-corrected chi connectivity index (χ2v) is 12.7. The molecule has 6 nitrogen and oxygen atoms in total. The number of benzene rings is 6. The molecule has 8 aromatic rings. The molecule has 2 heterocycles. The van der Waals surface area contributed by atoms with Crippen LogP contribution in [-0.4, -0.2) is 25.2 Å². The molecule has 0 radical (unpaired) electrons. The van der Waals surface area contributed by atoms with Crippen LogP contribution in [0.4, 0.5) is 0 Å². The van der Waals surface area contributed by atoms with E-state index in [1.807, 2.05) is 36.4 Å². The minimum atomic E-state index is -0.845. The van der Waals surface area contributed by atoms with Gasteiger partial charge in [-0.2, -0.15) is 0 Å². The predicted molar refractivity (Wildman–Crippen MR) is 203 cm³/mol. The van der Waals surface area contributed by atoms with Crippen LogP contribution in [0.5, 0.6) is 5.75 Å². The molecule has 0 saturated carbocycles. The molecule has 8 rings (SSSR count). The van der Waals surface area contributed by atoms with E-state index in [-0.39, 0.29) is 0 Å². The van der Waals surface area contributed by atoms with Crippen LogP contribution >= 0.6 is 0 Å². The molecule has 0 N–H and O–H groups in total. The van der Waals surface area contributed by atoms with Crippen molar-refractivity contribution in [3.8, 4) is 28.3 Å². The number of aromatic nitrogens is 5. The van der Waals surface area contributed by atoms with Crippen LogP contribution in [-0.2, 0) is 18.6 Å². The van der Waals surface area contributed by atoms with Crippen molar-refractivity contribution in [3.05, 3.63) is 197 Å². The summed E-state index contributed by atoms with van der Waals surface area (Å²) in [4.78, 5) is 6.59. The monoisotopic (exact) mass is 663 g/mol. The first-order valence-electron chi connectivity index (χ1n) is 17.3. The van der Waals surface area contributed by atoms with Gasteiger partial charge in [0.25, 0.3) is 0 Å². The molecular formula is C45H37N5O. The molecule has 0 aliphatic carbocycles. The van der Waals surface area contributed by atoms with Gasteiger partial charge in [-0.05, 0) is 63.6 Å². The van der Waals surface area contributed by atoms with E-state index in [1.54, 1.807) is 4.80 Å². The summed E-state index contributed by atoms with van der Waals surface area (Å²) in [6.07, 6.45) is 0.850. The quantitative estimate of drug-likeness (QED) is 0.136. The second kappa shape index (κ2) is 13.8. The summed E-state index contributed by atoms with van der Waals surface area (Å²) in [6.45, 7) is 4.68. The van der Waals surface area contributed by atoms with E-state index >= 15 is 0 Å². The maximum Gasteiger partial charge on any atom is 0.205 e. The third-order valence-electron chi connectivity index (χ3n) is 9.54. The molecule has 0 atom stereocenters. The lowest BCUT2D eigenvalue weighted by Gasteiger charge is -2.34. The first-order chi connectivity index (χ1) is 25.1. The van der Waals surface area contributed by atoms with E-state index in [1.165, 1.54) is 0 Å². The van der Waals surface area contributed by atoms with Gasteiger partial charge in [0.1, 0.15) is 12.4 Å². The third-order valence-corrected chi connectivity index (χ3v) is 9.54. The summed E-state index contributed by atoms with van der Waals surface area (Å²) in [6, 6.07) is 56.2. The van der Waals surface area contributed by atoms with Crippen LogP contribution < -0.4 is 4.74 Å². The zero-order chi connectivity index (χ0) is 34.6. The van der Waals surface area contributed by atoms with Crippen LogP contribution in [0.3, 0.4) is 0 Å². The minimum absolute atomic E-state index is 0.453. The average Bonchev–Trinajstić information content (AvgIpc) is 3.69. The molecule has 6 aromatic carbocycles. The van der Waals surface area contributed by atoms with E-state index < -0.39 is 5.54 Å². The molecule has 0 aliphatic rings. The van der Waals surface area contributed by atoms with Crippen molar-refractivity contribution in [2.75, 3.05) is 0 Å². The predicted octanol–water partition coefficient (Wildman–Crippen LogP) is 9.85. The molecule has 6 heteroatoms. The summed E-state index contributed by atoms with van der Waals surface area (Å²) in [5.41, 5.74) is 9.49. The van der Waals surface area contributed by atoms with Gasteiger partial charge in [0.15, 0.2) is 5.54 Å². The van der Waals surface area contributed by atoms with Crippen molar-refractivity contribution in [1.82, 2.24) is 25.2 Å². The van der Waals surface area contributed by atoms with Gasteiger partial charge in [0, 0.05) is 22.7 Å². The van der Waals surface area contributed by atoms with Crippen LogP contribution in [0.2, 0.25) is 0 Å². The molecular weight excluding hydrogens is 627 g/mol. The summed E-state index contributed by atoms with van der Waals surface area (Å²) in [5, 5.41) is 15.7. The Morgan fingerprint density at radius 1 is 0.627 bits per heavy atom. The lowest BCUT2D eigenvalue weighted by atomic mass is 9.77. The van der Waals surface area contributed by atoms with E-state index in [0.717, 1.165) is 73.3 Å². The number of fused-ring (bicyclic) bond motifs is 1. The number of hydrogen-bond donors (Lipinski definition) is 0. The Balaban J connectivity index is 1.14. The minimum Gasteiger partial charge on any atom is -0.488 e. The van der Waals surface area contributed by atoms with Gasteiger partial charge >= 0.3 is 0 Å². The maximum atomic E-state index is 6.44. The first-order valence-corrected chi connectivity index (χ1v) is 17.3. The standard InChI is InChI=1S/C45H37N5O/c1-3-38-30-42(43-32(2)16-15-25-41(43)46-38)51-31-33-26-28-34(29-27-33)39-23-13-14-24-40(39)44-47-49-50(48-44)45(35-17-7-4-8-18-35,36-19-9-5-10-20-36)37-21-11-6-12-22-37/h4-30H,3,31H2,1-2H3. The number of pyridine rings is 1. The summed E-state index contributed by atoms with van der Waals surface area (Å²) in [7, 11) is 0. The number of hydrogen-bond acceptors (Lipinski definition) is 5. The SMILES string of the molecule is CCc1cc(OCc2ccc(-c3ccccc3-c3nnn(C(c4ccccc4)(c4ccccc4)c4ccccc4)n3)cc2)c2c(C)cccc2n1. The molecule has 0 aliphatic heterocycles. The van der Waals surface area contributed by atoms with Gasteiger partial charge in [-0.1, -0.05) is 159 Å². The Hall–Kier alpha value is -6.40. The topological polar surface area (TPSA) is 65.7 Å². The van der Waals surface area contributed by atoms with Crippen molar-refractivity contribution in [2.45, 2.75) is 32.4 Å². The molecule has 0 bridgehead atoms. The fourth-order valence-corrected chi connectivity index (χ4v) is 6.99. The number of rotatable bonds is 10. The molecule has 0 saturated heterocycles. The van der Waals surface area contributed by atoms with Gasteiger partial charge in [-0.15, -0.1) is 15.0 Å². The Morgan fingerprint density at radius 3 is 1.82 bits per heavy atom. The molecule has 0 fully saturated rings. The van der Waals surface area contributed by atoms with Crippen molar-refractivity contribution >= 4 is 10.9 Å². The Labute approximate surface area is 298 Å². The van der Waals surface area contributed by atoms with Crippen molar-refractivity contribution < 1.29 is 4.74 Å². The summed E-state index contributed by atoms with van der Waals surface area (Å²) >= 11 is 0. The highest BCUT2D eigenvalue weighted by atomic mass is 16.5. The Kier molecular flexibility index (Phi) is 8.64. The van der Waals surface area contributed by atoms with E-state index in [9.17, 15) is 0 Å². The molecule has 0 unspecified atom stereocenters. The zero-order valence-electron chi connectivity index (χ0n) is 28.6. The van der Waals surface area contributed by atoms with Gasteiger partial charge in [0.05, 0.1) is 5.52 Å². The third kappa shape index (κ3) is 5.95. The number of aryl methyl sites for hydroxylation is 2. The van der Waals surface area contributed by atoms with Crippen LogP contribution in [0.25, 0.3) is 33.4 Å². The van der Waals surface area contributed by atoms with E-state index in [4.69, 9.17) is 25.1 Å². The number of ether oxygens (including phenoxy) is 1. The van der Waals surface area contributed by atoms with Crippen molar-refractivity contribution in [1.29, 1.82) is 0 Å². The number of tetrazole rings is 1. The smallest absolute Gasteiger partial charge is 0.205 e. The normalized spacial score (nSPS) is 11.5. The summed E-state index contributed by atoms with van der Waals surface area (Å²) in [5.74, 6) is 1.42. The first kappa shape index (κ1) is 31.8.